The Morgan fingerprint density at radius 2 is 1.45 bits per heavy atom. The lowest BCUT2D eigenvalue weighted by Gasteiger charge is -2.15. The zero-order chi connectivity index (χ0) is 22.6. The van der Waals surface area contributed by atoms with Gasteiger partial charge >= 0.3 is 7.60 Å². The Kier molecular flexibility index (Phi) is 7.48. The molecule has 0 aliphatic carbocycles. The van der Waals surface area contributed by atoms with Crippen molar-refractivity contribution in [3.05, 3.63) is 105 Å². The lowest BCUT2D eigenvalue weighted by molar-refractivity contribution is 0.316. The van der Waals surface area contributed by atoms with Gasteiger partial charge in [0.2, 0.25) is 0 Å². The predicted octanol–water partition coefficient (Wildman–Crippen LogP) is 6.31. The zero-order valence-corrected chi connectivity index (χ0v) is 19.5. The summed E-state index contributed by atoms with van der Waals surface area (Å²) < 4.78 is 29.6. The molecule has 164 valence electrons. The number of hydrogen-bond acceptors (Lipinski definition) is 2. The Labute approximate surface area is 184 Å². The van der Waals surface area contributed by atoms with Gasteiger partial charge in [-0.3, -0.25) is 4.57 Å². The first-order valence-electron chi connectivity index (χ1n) is 10.5. The van der Waals surface area contributed by atoms with Gasteiger partial charge in [-0.1, -0.05) is 42.5 Å². The number of benzene rings is 3. The van der Waals surface area contributed by atoms with E-state index in [0.717, 1.165) is 24.0 Å². The van der Waals surface area contributed by atoms with Gasteiger partial charge in [-0.15, -0.1) is 0 Å². The fourth-order valence-corrected chi connectivity index (χ4v) is 4.64. The molecule has 0 aromatic heterocycles. The molecule has 1 N–H and O–H groups in total. The maximum absolute atomic E-state index is 13.2. The van der Waals surface area contributed by atoms with Crippen LogP contribution in [0.3, 0.4) is 0 Å². The van der Waals surface area contributed by atoms with E-state index in [1.807, 2.05) is 12.1 Å². The molecule has 1 unspecified atom stereocenters. The van der Waals surface area contributed by atoms with Crippen LogP contribution in [0.15, 0.2) is 54.6 Å². The molecule has 0 radical (unpaired) electrons. The van der Waals surface area contributed by atoms with Crippen molar-refractivity contribution in [1.82, 2.24) is 0 Å². The van der Waals surface area contributed by atoms with Crippen molar-refractivity contribution in [3.8, 4) is 0 Å². The van der Waals surface area contributed by atoms with Crippen LogP contribution in [0.1, 0.15) is 44.5 Å². The van der Waals surface area contributed by atoms with Crippen LogP contribution >= 0.6 is 7.60 Å². The van der Waals surface area contributed by atoms with Crippen LogP contribution < -0.4 is 0 Å². The van der Waals surface area contributed by atoms with Crippen LogP contribution in [-0.2, 0) is 28.4 Å². The average molecular weight is 440 g/mol. The molecule has 3 nitrogen and oxygen atoms in total. The third-order valence-electron chi connectivity index (χ3n) is 5.83. The number of hydrogen-bond donors (Lipinski definition) is 1. The molecule has 5 heteroatoms. The molecule has 3 rings (SSSR count). The lowest BCUT2D eigenvalue weighted by Crippen LogP contribution is -2.02. The van der Waals surface area contributed by atoms with Gasteiger partial charge in [-0.2, -0.15) is 0 Å². The zero-order valence-electron chi connectivity index (χ0n) is 18.6. The fraction of sp³-hybridized carbons (Fsp3) is 0.308. The predicted molar refractivity (Wildman–Crippen MR) is 125 cm³/mol. The van der Waals surface area contributed by atoms with Crippen molar-refractivity contribution >= 4 is 7.60 Å². The minimum atomic E-state index is -3.50. The van der Waals surface area contributed by atoms with Crippen LogP contribution in [0.4, 0.5) is 4.39 Å². The Morgan fingerprint density at radius 3 is 2.06 bits per heavy atom. The summed E-state index contributed by atoms with van der Waals surface area (Å²) in [5.41, 5.74) is 9.49. The van der Waals surface area contributed by atoms with Gasteiger partial charge in [0, 0.05) is 7.11 Å². The van der Waals surface area contributed by atoms with Crippen LogP contribution in [0.2, 0.25) is 0 Å². The summed E-state index contributed by atoms with van der Waals surface area (Å²) in [6.45, 7) is 6.29. The number of aryl methyl sites for hydroxylation is 4. The summed E-state index contributed by atoms with van der Waals surface area (Å²) in [7, 11) is -2.23. The van der Waals surface area contributed by atoms with E-state index < -0.39 is 7.60 Å². The van der Waals surface area contributed by atoms with E-state index in [4.69, 9.17) is 0 Å². The quantitative estimate of drug-likeness (QED) is 0.418. The Morgan fingerprint density at radius 1 is 0.839 bits per heavy atom. The van der Waals surface area contributed by atoms with Gasteiger partial charge in [-0.05, 0) is 96.7 Å². The average Bonchev–Trinajstić information content (AvgIpc) is 2.73. The molecule has 3 aromatic carbocycles. The Balaban J connectivity index is 1.79. The third kappa shape index (κ3) is 6.36. The highest BCUT2D eigenvalue weighted by Crippen LogP contribution is 2.41. The minimum Gasteiger partial charge on any atom is -0.324 e. The topological polar surface area (TPSA) is 46.5 Å². The van der Waals surface area contributed by atoms with Gasteiger partial charge < -0.3 is 9.42 Å². The van der Waals surface area contributed by atoms with E-state index in [1.54, 1.807) is 0 Å². The van der Waals surface area contributed by atoms with Crippen molar-refractivity contribution in [2.45, 2.75) is 40.0 Å². The molecule has 0 aliphatic heterocycles. The maximum Gasteiger partial charge on any atom is 0.328 e. The van der Waals surface area contributed by atoms with E-state index in [9.17, 15) is 13.8 Å². The van der Waals surface area contributed by atoms with Crippen LogP contribution in [0.25, 0.3) is 0 Å². The molecule has 0 aliphatic rings. The molecule has 3 aromatic rings. The highest BCUT2D eigenvalue weighted by molar-refractivity contribution is 7.52. The molecule has 0 heterocycles. The van der Waals surface area contributed by atoms with Crippen molar-refractivity contribution in [2.75, 3.05) is 13.3 Å². The number of halogens is 1. The second kappa shape index (κ2) is 9.91. The molecule has 0 saturated heterocycles. The molecule has 0 saturated carbocycles. The Bertz CT molecular complexity index is 1080. The first kappa shape index (κ1) is 23.4. The van der Waals surface area contributed by atoms with Crippen molar-refractivity contribution in [3.63, 3.8) is 0 Å². The van der Waals surface area contributed by atoms with Gasteiger partial charge in [0.15, 0.2) is 0 Å². The van der Waals surface area contributed by atoms with E-state index in [2.05, 4.69) is 55.6 Å². The largest absolute Gasteiger partial charge is 0.328 e. The molecule has 0 amide bonds. The molecule has 31 heavy (non-hydrogen) atoms. The second-order valence-corrected chi connectivity index (χ2v) is 10.3. The van der Waals surface area contributed by atoms with E-state index in [-0.39, 0.29) is 12.0 Å². The first-order valence-corrected chi connectivity index (χ1v) is 12.2. The Hall–Kier alpha value is -2.26. The van der Waals surface area contributed by atoms with E-state index in [1.165, 1.54) is 52.6 Å². The molecule has 0 spiro atoms. The van der Waals surface area contributed by atoms with Crippen molar-refractivity contribution < 1.29 is 18.4 Å². The summed E-state index contributed by atoms with van der Waals surface area (Å²) in [5.74, 6) is -0.215. The molecular weight excluding hydrogens is 410 g/mol. The third-order valence-corrected chi connectivity index (χ3v) is 7.19. The van der Waals surface area contributed by atoms with Gasteiger partial charge in [-0.25, -0.2) is 4.39 Å². The minimum absolute atomic E-state index is 0.117. The summed E-state index contributed by atoms with van der Waals surface area (Å²) in [5, 5.41) is 0. The van der Waals surface area contributed by atoms with Crippen molar-refractivity contribution in [2.24, 2.45) is 0 Å². The highest BCUT2D eigenvalue weighted by atomic mass is 31.2. The second-order valence-electron chi connectivity index (χ2n) is 8.24. The molecule has 1 atom stereocenters. The SMILES string of the molecule is COP(=O)(O)CCc1cc(C)c(Cc2ccc(C)c(Cc3ccc(F)cc3)c2)c(C)c1. The highest BCUT2D eigenvalue weighted by Gasteiger charge is 2.17. The lowest BCUT2D eigenvalue weighted by atomic mass is 9.91. The molecule has 0 bridgehead atoms. The summed E-state index contributed by atoms with van der Waals surface area (Å²) in [6, 6.07) is 17.4. The van der Waals surface area contributed by atoms with Gasteiger partial charge in [0.25, 0.3) is 0 Å². The van der Waals surface area contributed by atoms with Crippen molar-refractivity contribution in [1.29, 1.82) is 0 Å². The van der Waals surface area contributed by atoms with Crippen LogP contribution in [0, 0.1) is 26.6 Å². The van der Waals surface area contributed by atoms with E-state index in [0.29, 0.717) is 6.42 Å². The number of rotatable bonds is 8. The van der Waals surface area contributed by atoms with Gasteiger partial charge in [0.1, 0.15) is 5.82 Å². The van der Waals surface area contributed by atoms with Crippen LogP contribution in [-0.4, -0.2) is 18.2 Å². The summed E-state index contributed by atoms with van der Waals surface area (Å²) in [4.78, 5) is 9.65. The molecular formula is C26H30FO3P. The van der Waals surface area contributed by atoms with Gasteiger partial charge in [0.05, 0.1) is 6.16 Å². The smallest absolute Gasteiger partial charge is 0.324 e. The van der Waals surface area contributed by atoms with E-state index >= 15 is 0 Å². The van der Waals surface area contributed by atoms with Crippen LogP contribution in [0.5, 0.6) is 0 Å². The summed E-state index contributed by atoms with van der Waals surface area (Å²) >= 11 is 0. The molecule has 0 fully saturated rings. The maximum atomic E-state index is 13.2. The monoisotopic (exact) mass is 440 g/mol. The first-order chi connectivity index (χ1) is 14.7. The fourth-order valence-electron chi connectivity index (χ4n) is 3.92. The normalized spacial score (nSPS) is 13.2. The summed E-state index contributed by atoms with van der Waals surface area (Å²) in [6.07, 6.45) is 2.23. The standard InChI is InChI=1S/C26H30FO3P/c1-18-5-6-22(16-24(18)15-21-7-9-25(27)10-8-21)17-26-19(2)13-23(14-20(26)3)11-12-31(28,29)30-4/h5-10,13-14,16H,11-12,15,17H2,1-4H3,(H,28,29).